The third-order valence-electron chi connectivity index (χ3n) is 5.10. The molecule has 3 aromatic rings. The second kappa shape index (κ2) is 6.97. The predicted octanol–water partition coefficient (Wildman–Crippen LogP) is 4.86. The third-order valence-corrected chi connectivity index (χ3v) is 5.35. The van der Waals surface area contributed by atoms with E-state index in [1.165, 1.54) is 0 Å². The minimum absolute atomic E-state index is 0.00301. The molecule has 1 fully saturated rings. The monoisotopic (exact) mass is 382 g/mol. The first kappa shape index (κ1) is 18.0. The van der Waals surface area contributed by atoms with Crippen LogP contribution in [0.5, 0.6) is 0 Å². The Morgan fingerprint density at radius 3 is 2.59 bits per heavy atom. The van der Waals surface area contributed by atoms with E-state index in [1.54, 1.807) is 6.20 Å². The molecule has 2 aromatic heterocycles. The Morgan fingerprint density at radius 1 is 1.26 bits per heavy atom. The molecule has 2 heterocycles. The molecular weight excluding hydrogens is 360 g/mol. The van der Waals surface area contributed by atoms with Crippen LogP contribution in [-0.4, -0.2) is 20.7 Å². The van der Waals surface area contributed by atoms with Crippen LogP contribution in [0.15, 0.2) is 36.5 Å². The summed E-state index contributed by atoms with van der Waals surface area (Å²) >= 11 is 6.01. The van der Waals surface area contributed by atoms with E-state index in [9.17, 15) is 4.79 Å². The van der Waals surface area contributed by atoms with Gasteiger partial charge in [-0.15, -0.1) is 0 Å². The minimum atomic E-state index is -0.0916. The van der Waals surface area contributed by atoms with Crippen molar-refractivity contribution in [3.05, 3.63) is 58.4 Å². The van der Waals surface area contributed by atoms with Gasteiger partial charge in [0, 0.05) is 16.5 Å². The van der Waals surface area contributed by atoms with E-state index in [1.807, 2.05) is 41.9 Å². The molecule has 1 aliphatic carbocycles. The van der Waals surface area contributed by atoms with Crippen molar-refractivity contribution in [2.24, 2.45) is 5.92 Å². The molecule has 1 unspecified atom stereocenters. The summed E-state index contributed by atoms with van der Waals surface area (Å²) in [6.07, 6.45) is 4.03. The van der Waals surface area contributed by atoms with Crippen molar-refractivity contribution in [2.75, 3.05) is 0 Å². The topological polar surface area (TPSA) is 59.8 Å². The number of halogens is 1. The van der Waals surface area contributed by atoms with Crippen molar-refractivity contribution in [1.29, 1.82) is 0 Å². The van der Waals surface area contributed by atoms with Crippen LogP contribution in [0.3, 0.4) is 0 Å². The van der Waals surface area contributed by atoms with Crippen LogP contribution in [0.4, 0.5) is 0 Å². The van der Waals surface area contributed by atoms with E-state index in [2.05, 4.69) is 29.2 Å². The van der Waals surface area contributed by atoms with Crippen LogP contribution in [0.1, 0.15) is 60.4 Å². The van der Waals surface area contributed by atoms with Crippen molar-refractivity contribution >= 4 is 28.5 Å². The summed E-state index contributed by atoms with van der Waals surface area (Å²) in [6.45, 7) is 6.01. The largest absolute Gasteiger partial charge is 0.345 e. The van der Waals surface area contributed by atoms with Gasteiger partial charge in [-0.25, -0.2) is 9.67 Å². The summed E-state index contributed by atoms with van der Waals surface area (Å²) in [4.78, 5) is 17.7. The summed E-state index contributed by atoms with van der Waals surface area (Å²) in [5.41, 5.74) is 3.23. The van der Waals surface area contributed by atoms with Gasteiger partial charge in [-0.05, 0) is 63.3 Å². The van der Waals surface area contributed by atoms with Gasteiger partial charge in [0.2, 0.25) is 0 Å². The average molecular weight is 383 g/mol. The van der Waals surface area contributed by atoms with Gasteiger partial charge >= 0.3 is 0 Å². The molecule has 0 radical (unpaired) electrons. The quantitative estimate of drug-likeness (QED) is 0.685. The van der Waals surface area contributed by atoms with Gasteiger partial charge in [-0.3, -0.25) is 4.79 Å². The van der Waals surface area contributed by atoms with Gasteiger partial charge in [0.25, 0.3) is 5.91 Å². The van der Waals surface area contributed by atoms with E-state index in [-0.39, 0.29) is 18.0 Å². The van der Waals surface area contributed by atoms with Crippen LogP contribution in [0, 0.1) is 12.8 Å². The molecule has 4 rings (SSSR count). The molecule has 0 aliphatic heterocycles. The molecule has 5 nitrogen and oxygen atoms in total. The van der Waals surface area contributed by atoms with Crippen LogP contribution in [0.2, 0.25) is 5.02 Å². The summed E-state index contributed by atoms with van der Waals surface area (Å²) in [5.74, 6) is 0.391. The molecule has 1 atom stereocenters. The lowest BCUT2D eigenvalue weighted by atomic mass is 10.0. The Kier molecular flexibility index (Phi) is 4.64. The Balaban J connectivity index is 1.63. The van der Waals surface area contributed by atoms with Crippen molar-refractivity contribution in [1.82, 2.24) is 20.1 Å². The number of hydrogen-bond donors (Lipinski definition) is 1. The summed E-state index contributed by atoms with van der Waals surface area (Å²) in [6, 6.07) is 9.85. The highest BCUT2D eigenvalue weighted by Crippen LogP contribution is 2.41. The van der Waals surface area contributed by atoms with Crippen molar-refractivity contribution in [3.8, 4) is 0 Å². The number of nitrogens with one attached hydrogen (secondary N) is 1. The maximum atomic E-state index is 13.0. The number of carbonyl (C=O) groups is 1. The number of aromatic nitrogens is 3. The van der Waals surface area contributed by atoms with E-state index in [4.69, 9.17) is 11.6 Å². The first-order valence-electron chi connectivity index (χ1n) is 9.35. The first-order chi connectivity index (χ1) is 12.9. The number of benzene rings is 1. The second-order valence-corrected chi connectivity index (χ2v) is 7.99. The van der Waals surface area contributed by atoms with E-state index >= 15 is 0 Å². The lowest BCUT2D eigenvalue weighted by Crippen LogP contribution is -2.30. The summed E-state index contributed by atoms with van der Waals surface area (Å²) in [7, 11) is 0. The lowest BCUT2D eigenvalue weighted by Gasteiger charge is -2.19. The number of pyridine rings is 1. The molecule has 27 heavy (non-hydrogen) atoms. The zero-order chi connectivity index (χ0) is 19.1. The van der Waals surface area contributed by atoms with Gasteiger partial charge in [-0.1, -0.05) is 23.7 Å². The fraction of sp³-hybridized carbons (Fsp3) is 0.381. The number of rotatable bonds is 5. The van der Waals surface area contributed by atoms with Gasteiger partial charge < -0.3 is 5.32 Å². The van der Waals surface area contributed by atoms with Crippen LogP contribution >= 0.6 is 11.6 Å². The molecular formula is C21H23ClN4O. The highest BCUT2D eigenvalue weighted by Gasteiger charge is 2.34. The van der Waals surface area contributed by atoms with Gasteiger partial charge in [0.05, 0.1) is 23.5 Å². The number of carbonyl (C=O) groups excluding carboxylic acids is 1. The number of amides is 1. The van der Waals surface area contributed by atoms with Crippen LogP contribution in [0.25, 0.3) is 11.0 Å². The molecule has 1 amide bonds. The number of hydrogen-bond acceptors (Lipinski definition) is 3. The zero-order valence-electron chi connectivity index (χ0n) is 15.7. The highest BCUT2D eigenvalue weighted by molar-refractivity contribution is 6.30. The number of fused-ring (bicyclic) bond motifs is 1. The molecule has 0 saturated heterocycles. The van der Waals surface area contributed by atoms with Crippen molar-refractivity contribution in [3.63, 3.8) is 0 Å². The standard InChI is InChI=1S/C21H23ClN4O/c1-12(2)26-20-16(11-23-26)10-18(13(3)24-20)21(27)25-19(14-4-5-14)15-6-8-17(22)9-7-15/h6-12,14,19H,4-5H2,1-3H3,(H,25,27). The lowest BCUT2D eigenvalue weighted by molar-refractivity contribution is 0.0931. The van der Waals surface area contributed by atoms with E-state index in [0.717, 1.165) is 29.4 Å². The van der Waals surface area contributed by atoms with Gasteiger partial charge in [-0.2, -0.15) is 5.10 Å². The van der Waals surface area contributed by atoms with Crippen LogP contribution < -0.4 is 5.32 Å². The maximum absolute atomic E-state index is 13.0. The van der Waals surface area contributed by atoms with Gasteiger partial charge in [0.1, 0.15) is 0 Å². The van der Waals surface area contributed by atoms with Crippen molar-refractivity contribution in [2.45, 2.75) is 45.7 Å². The highest BCUT2D eigenvalue weighted by atomic mass is 35.5. The molecule has 1 aromatic carbocycles. The Hall–Kier alpha value is -2.40. The average Bonchev–Trinajstić information content (AvgIpc) is 3.39. The molecule has 6 heteroatoms. The molecule has 140 valence electrons. The van der Waals surface area contributed by atoms with Crippen molar-refractivity contribution < 1.29 is 4.79 Å². The molecule has 0 bridgehead atoms. The van der Waals surface area contributed by atoms with E-state index in [0.29, 0.717) is 22.2 Å². The smallest absolute Gasteiger partial charge is 0.253 e. The second-order valence-electron chi connectivity index (χ2n) is 7.56. The third kappa shape index (κ3) is 3.56. The fourth-order valence-corrected chi connectivity index (χ4v) is 3.59. The molecule has 1 aliphatic rings. The Bertz CT molecular complexity index is 989. The Morgan fingerprint density at radius 2 is 1.96 bits per heavy atom. The SMILES string of the molecule is Cc1nc2c(cnn2C(C)C)cc1C(=O)NC(c1ccc(Cl)cc1)C1CC1. The normalized spacial score (nSPS) is 15.3. The minimum Gasteiger partial charge on any atom is -0.345 e. The number of nitrogens with zero attached hydrogens (tertiary/aromatic N) is 3. The molecule has 1 N–H and O–H groups in total. The first-order valence-corrected chi connectivity index (χ1v) is 9.73. The molecule has 0 spiro atoms. The summed E-state index contributed by atoms with van der Waals surface area (Å²) in [5, 5.41) is 9.20. The van der Waals surface area contributed by atoms with Gasteiger partial charge in [0.15, 0.2) is 5.65 Å². The predicted molar refractivity (Wildman–Crippen MR) is 107 cm³/mol. The summed E-state index contributed by atoms with van der Waals surface area (Å²) < 4.78 is 1.88. The molecule has 1 saturated carbocycles. The van der Waals surface area contributed by atoms with Crippen LogP contribution in [-0.2, 0) is 0 Å². The van der Waals surface area contributed by atoms with E-state index < -0.39 is 0 Å². The zero-order valence-corrected chi connectivity index (χ0v) is 16.5. The fourth-order valence-electron chi connectivity index (χ4n) is 3.47. The Labute approximate surface area is 163 Å². The maximum Gasteiger partial charge on any atom is 0.253 e. The number of aryl methyl sites for hydroxylation is 1.